The van der Waals surface area contributed by atoms with Crippen LogP contribution in [0.15, 0.2) is 0 Å². The van der Waals surface area contributed by atoms with Crippen LogP contribution in [-0.4, -0.2) is 23.5 Å². The second-order valence-electron chi connectivity index (χ2n) is 8.72. The predicted molar refractivity (Wildman–Crippen MR) is 91.0 cm³/mol. The van der Waals surface area contributed by atoms with E-state index in [4.69, 9.17) is 5.11 Å². The number of carbonyl (C=O) groups excluding carboxylic acids is 1. The van der Waals surface area contributed by atoms with Crippen molar-refractivity contribution in [1.82, 2.24) is 5.32 Å². The SMILES string of the molecule is CC(C)(C)C1CCC(CNC(=O)C2CCC(C(=O)O)CC2)CC1. The molecule has 2 saturated carbocycles. The van der Waals surface area contributed by atoms with Crippen molar-refractivity contribution in [3.05, 3.63) is 0 Å². The van der Waals surface area contributed by atoms with E-state index in [1.807, 2.05) is 0 Å². The van der Waals surface area contributed by atoms with Crippen LogP contribution in [0.5, 0.6) is 0 Å². The summed E-state index contributed by atoms with van der Waals surface area (Å²) in [6.07, 6.45) is 7.71. The van der Waals surface area contributed by atoms with Crippen molar-refractivity contribution < 1.29 is 14.7 Å². The average Bonchev–Trinajstić information content (AvgIpc) is 2.52. The number of carboxylic acids is 1. The summed E-state index contributed by atoms with van der Waals surface area (Å²) >= 11 is 0. The molecule has 0 spiro atoms. The zero-order valence-corrected chi connectivity index (χ0v) is 14.9. The summed E-state index contributed by atoms with van der Waals surface area (Å²) in [5.41, 5.74) is 0.400. The molecule has 2 fully saturated rings. The smallest absolute Gasteiger partial charge is 0.306 e. The zero-order chi connectivity index (χ0) is 17.0. The summed E-state index contributed by atoms with van der Waals surface area (Å²) in [5, 5.41) is 12.1. The van der Waals surface area contributed by atoms with Gasteiger partial charge in [-0.05, 0) is 68.6 Å². The van der Waals surface area contributed by atoms with Crippen LogP contribution < -0.4 is 5.32 Å². The average molecular weight is 323 g/mol. The maximum absolute atomic E-state index is 12.3. The molecular weight excluding hydrogens is 290 g/mol. The van der Waals surface area contributed by atoms with Gasteiger partial charge in [0.05, 0.1) is 5.92 Å². The minimum atomic E-state index is -0.709. The van der Waals surface area contributed by atoms with E-state index in [1.54, 1.807) is 0 Å². The molecule has 132 valence electrons. The summed E-state index contributed by atoms with van der Waals surface area (Å²) in [6, 6.07) is 0. The summed E-state index contributed by atoms with van der Waals surface area (Å²) < 4.78 is 0. The van der Waals surface area contributed by atoms with Gasteiger partial charge in [-0.2, -0.15) is 0 Å². The molecule has 2 rings (SSSR count). The minimum Gasteiger partial charge on any atom is -0.481 e. The third kappa shape index (κ3) is 5.22. The molecule has 4 nitrogen and oxygen atoms in total. The van der Waals surface area contributed by atoms with Crippen LogP contribution in [0.2, 0.25) is 0 Å². The lowest BCUT2D eigenvalue weighted by molar-refractivity contribution is -0.144. The van der Waals surface area contributed by atoms with Crippen molar-refractivity contribution in [3.63, 3.8) is 0 Å². The Balaban J connectivity index is 1.67. The van der Waals surface area contributed by atoms with Crippen molar-refractivity contribution in [1.29, 1.82) is 0 Å². The molecule has 23 heavy (non-hydrogen) atoms. The van der Waals surface area contributed by atoms with Gasteiger partial charge in [0.2, 0.25) is 5.91 Å². The van der Waals surface area contributed by atoms with Gasteiger partial charge < -0.3 is 10.4 Å². The van der Waals surface area contributed by atoms with Gasteiger partial charge in [0.1, 0.15) is 0 Å². The lowest BCUT2D eigenvalue weighted by atomic mass is 9.70. The number of amides is 1. The number of nitrogens with one attached hydrogen (secondary N) is 1. The van der Waals surface area contributed by atoms with Crippen molar-refractivity contribution in [2.45, 2.75) is 72.1 Å². The van der Waals surface area contributed by atoms with E-state index in [9.17, 15) is 9.59 Å². The fraction of sp³-hybridized carbons (Fsp3) is 0.895. The Kier molecular flexibility index (Phi) is 6.10. The van der Waals surface area contributed by atoms with Crippen LogP contribution >= 0.6 is 0 Å². The number of carbonyl (C=O) groups is 2. The molecule has 0 heterocycles. The Morgan fingerprint density at radius 3 is 1.91 bits per heavy atom. The first-order chi connectivity index (χ1) is 10.8. The molecule has 0 aromatic heterocycles. The van der Waals surface area contributed by atoms with Crippen molar-refractivity contribution in [3.8, 4) is 0 Å². The van der Waals surface area contributed by atoms with E-state index in [2.05, 4.69) is 26.1 Å². The Bertz CT molecular complexity index is 411. The molecule has 2 N–H and O–H groups in total. The van der Waals surface area contributed by atoms with Crippen LogP contribution in [0.25, 0.3) is 0 Å². The Labute approximate surface area is 140 Å². The topological polar surface area (TPSA) is 66.4 Å². The monoisotopic (exact) mass is 323 g/mol. The largest absolute Gasteiger partial charge is 0.481 e. The second-order valence-corrected chi connectivity index (χ2v) is 8.72. The van der Waals surface area contributed by atoms with E-state index in [1.165, 1.54) is 25.7 Å². The summed E-state index contributed by atoms with van der Waals surface area (Å²) in [5.74, 6) is 0.642. The minimum absolute atomic E-state index is 0.0246. The zero-order valence-electron chi connectivity index (χ0n) is 14.9. The van der Waals surface area contributed by atoms with Gasteiger partial charge in [-0.15, -0.1) is 0 Å². The maximum atomic E-state index is 12.3. The predicted octanol–water partition coefficient (Wildman–Crippen LogP) is 3.85. The van der Waals surface area contributed by atoms with Gasteiger partial charge in [-0.1, -0.05) is 20.8 Å². The van der Waals surface area contributed by atoms with Gasteiger partial charge in [0.15, 0.2) is 0 Å². The lowest BCUT2D eigenvalue weighted by Gasteiger charge is -2.37. The number of hydrogen-bond donors (Lipinski definition) is 2. The lowest BCUT2D eigenvalue weighted by Crippen LogP contribution is -2.38. The van der Waals surface area contributed by atoms with E-state index < -0.39 is 5.97 Å². The summed E-state index contributed by atoms with van der Waals surface area (Å²) in [6.45, 7) is 7.78. The van der Waals surface area contributed by atoms with E-state index in [-0.39, 0.29) is 17.7 Å². The van der Waals surface area contributed by atoms with Crippen LogP contribution in [0.1, 0.15) is 72.1 Å². The maximum Gasteiger partial charge on any atom is 0.306 e. The van der Waals surface area contributed by atoms with Crippen LogP contribution in [0.4, 0.5) is 0 Å². The summed E-state index contributed by atoms with van der Waals surface area (Å²) in [4.78, 5) is 23.2. The van der Waals surface area contributed by atoms with Gasteiger partial charge in [0, 0.05) is 12.5 Å². The highest BCUT2D eigenvalue weighted by molar-refractivity contribution is 5.79. The Morgan fingerprint density at radius 1 is 0.913 bits per heavy atom. The van der Waals surface area contributed by atoms with Gasteiger partial charge in [-0.3, -0.25) is 9.59 Å². The highest BCUT2D eigenvalue weighted by Gasteiger charge is 2.32. The highest BCUT2D eigenvalue weighted by Crippen LogP contribution is 2.39. The first kappa shape index (κ1) is 18.3. The first-order valence-corrected chi connectivity index (χ1v) is 9.28. The first-order valence-electron chi connectivity index (χ1n) is 9.28. The fourth-order valence-corrected chi connectivity index (χ4v) is 4.22. The molecule has 0 unspecified atom stereocenters. The Hall–Kier alpha value is -1.06. The Morgan fingerprint density at radius 2 is 1.43 bits per heavy atom. The molecule has 0 bridgehead atoms. The third-order valence-electron chi connectivity index (χ3n) is 6.08. The number of rotatable bonds is 4. The van der Waals surface area contributed by atoms with Crippen LogP contribution in [0.3, 0.4) is 0 Å². The standard InChI is InChI=1S/C19H33NO3/c1-19(2,3)16-10-4-13(5-11-16)12-20-17(21)14-6-8-15(9-7-14)18(22)23/h13-16H,4-12H2,1-3H3,(H,20,21)(H,22,23). The molecule has 0 atom stereocenters. The molecule has 4 heteroatoms. The van der Waals surface area contributed by atoms with Crippen LogP contribution in [0, 0.1) is 29.1 Å². The van der Waals surface area contributed by atoms with E-state index in [0.29, 0.717) is 24.2 Å². The molecule has 0 aliphatic heterocycles. The van der Waals surface area contributed by atoms with Crippen LogP contribution in [-0.2, 0) is 9.59 Å². The molecule has 0 aromatic carbocycles. The van der Waals surface area contributed by atoms with Gasteiger partial charge >= 0.3 is 5.97 Å². The highest BCUT2D eigenvalue weighted by atomic mass is 16.4. The van der Waals surface area contributed by atoms with Crippen molar-refractivity contribution in [2.75, 3.05) is 6.54 Å². The molecule has 0 aromatic rings. The van der Waals surface area contributed by atoms with E-state index in [0.717, 1.165) is 25.3 Å². The third-order valence-corrected chi connectivity index (χ3v) is 6.08. The molecule has 0 radical (unpaired) electrons. The quantitative estimate of drug-likeness (QED) is 0.826. The molecular formula is C19H33NO3. The molecule has 1 amide bonds. The molecule has 2 aliphatic rings. The summed E-state index contributed by atoms with van der Waals surface area (Å²) in [7, 11) is 0. The van der Waals surface area contributed by atoms with Gasteiger partial charge in [0.25, 0.3) is 0 Å². The van der Waals surface area contributed by atoms with E-state index >= 15 is 0 Å². The van der Waals surface area contributed by atoms with Crippen molar-refractivity contribution in [2.24, 2.45) is 29.1 Å². The number of hydrogen-bond acceptors (Lipinski definition) is 2. The molecule has 0 saturated heterocycles. The fourth-order valence-electron chi connectivity index (χ4n) is 4.22. The van der Waals surface area contributed by atoms with Gasteiger partial charge in [-0.25, -0.2) is 0 Å². The number of aliphatic carboxylic acids is 1. The second kappa shape index (κ2) is 7.67. The number of carboxylic acid groups (broad SMARTS) is 1. The molecule has 2 aliphatic carbocycles. The van der Waals surface area contributed by atoms with Crippen molar-refractivity contribution >= 4 is 11.9 Å². The normalized spacial score (nSPS) is 32.3.